The van der Waals surface area contributed by atoms with E-state index in [9.17, 15) is 10.2 Å². The van der Waals surface area contributed by atoms with Crippen molar-refractivity contribution in [3.05, 3.63) is 0 Å². The second-order valence-electron chi connectivity index (χ2n) is 18.0. The average Bonchev–Trinajstić information content (AvgIpc) is 3.60. The Kier molecular flexibility index (Phi) is 8.96. The van der Waals surface area contributed by atoms with Crippen molar-refractivity contribution in [1.29, 1.82) is 0 Å². The Morgan fingerprint density at radius 2 is 1.69 bits per heavy atom. The van der Waals surface area contributed by atoms with E-state index in [1.54, 1.807) is 13.8 Å². The van der Waals surface area contributed by atoms with Crippen molar-refractivity contribution < 1.29 is 24.4 Å². The molecule has 2 aliphatic heterocycles. The molecule has 7 heteroatoms. The minimum Gasteiger partial charge on any atom is -0.390 e. The lowest BCUT2D eigenvalue weighted by Gasteiger charge is -2.60. The van der Waals surface area contributed by atoms with Gasteiger partial charge in [0.25, 0.3) is 0 Å². The van der Waals surface area contributed by atoms with E-state index in [4.69, 9.17) is 19.9 Å². The Bertz CT molecular complexity index is 1070. The fourth-order valence-electron chi connectivity index (χ4n) is 13.3. The molecular weight excluding hydrogens is 564 g/mol. The number of aliphatic hydroxyl groups excluding tert-OH is 1. The number of hydrogen-bond acceptors (Lipinski definition) is 7. The lowest BCUT2D eigenvalue weighted by atomic mass is 9.46. The van der Waals surface area contributed by atoms with Gasteiger partial charge in [0.05, 0.1) is 42.7 Å². The number of morpholine rings is 1. The fourth-order valence-corrected chi connectivity index (χ4v) is 13.3. The largest absolute Gasteiger partial charge is 0.390 e. The molecule has 7 nitrogen and oxygen atoms in total. The molecule has 7 rings (SSSR count). The number of rotatable bonds is 7. The van der Waals surface area contributed by atoms with Crippen molar-refractivity contribution in [2.75, 3.05) is 19.7 Å². The highest BCUT2D eigenvalue weighted by Crippen LogP contribution is 2.87. The van der Waals surface area contributed by atoms with Crippen LogP contribution in [0.1, 0.15) is 127 Å². The van der Waals surface area contributed by atoms with Gasteiger partial charge >= 0.3 is 0 Å². The first-order valence-electron chi connectivity index (χ1n) is 18.6. The molecule has 0 amide bonds. The predicted molar refractivity (Wildman–Crippen MR) is 178 cm³/mol. The maximum atomic E-state index is 12.1. The van der Waals surface area contributed by atoms with Gasteiger partial charge in [0.2, 0.25) is 0 Å². The molecule has 45 heavy (non-hydrogen) atoms. The summed E-state index contributed by atoms with van der Waals surface area (Å²) in [6.07, 6.45) is 12.3. The third-order valence-electron chi connectivity index (χ3n) is 15.6. The van der Waals surface area contributed by atoms with Gasteiger partial charge < -0.3 is 30.2 Å². The second-order valence-corrected chi connectivity index (χ2v) is 18.0. The molecule has 0 aromatic carbocycles. The van der Waals surface area contributed by atoms with Crippen LogP contribution in [0.25, 0.3) is 0 Å². The summed E-state index contributed by atoms with van der Waals surface area (Å²) in [7, 11) is 0. The van der Waals surface area contributed by atoms with Gasteiger partial charge in [0, 0.05) is 19.1 Å². The molecule has 0 aromatic heterocycles. The highest BCUT2D eigenvalue weighted by Gasteiger charge is 2.81. The van der Waals surface area contributed by atoms with Crippen molar-refractivity contribution in [3.63, 3.8) is 0 Å². The van der Waals surface area contributed by atoms with Crippen LogP contribution in [0, 0.1) is 45.3 Å². The molecule has 13 atom stereocenters. The van der Waals surface area contributed by atoms with E-state index in [1.807, 2.05) is 0 Å². The number of ether oxygens (including phenoxy) is 3. The average molecular weight is 633 g/mol. The van der Waals surface area contributed by atoms with Crippen molar-refractivity contribution in [2.24, 2.45) is 51.1 Å². The van der Waals surface area contributed by atoms with E-state index < -0.39 is 17.7 Å². The van der Waals surface area contributed by atoms with Crippen molar-refractivity contribution in [3.8, 4) is 0 Å². The van der Waals surface area contributed by atoms with Crippen LogP contribution >= 0.6 is 0 Å². The van der Waals surface area contributed by atoms with Gasteiger partial charge in [-0.25, -0.2) is 0 Å². The quantitative estimate of drug-likeness (QED) is 0.311. The zero-order valence-corrected chi connectivity index (χ0v) is 28.9. The molecule has 12 unspecified atom stereocenters. The Hall–Kier alpha value is -0.280. The summed E-state index contributed by atoms with van der Waals surface area (Å²) < 4.78 is 19.9. The third kappa shape index (κ3) is 4.97. The standard InChI is InChI=1S/C37H64N2O5.CH4/c1-8-22(9-2)39-18-19-42-28(20-39)44-27-14-15-37-21-36(37)17-16-35(7)24-10-12-25(32(38)34(5,6)41)43-31(24)30(40)29(35)23(36)11-13-26(37)33(27,3)4;/h22-32,40-41H,8-21,38H2,1-7H3;1H4/t23?,24?,25?,26?,27?,28?,29?,30-,31?,32?,35?,36?,37?;/m1./s1. The lowest BCUT2D eigenvalue weighted by Crippen LogP contribution is -2.57. The Morgan fingerprint density at radius 1 is 0.978 bits per heavy atom. The zero-order valence-electron chi connectivity index (χ0n) is 28.9. The Labute approximate surface area is 274 Å². The van der Waals surface area contributed by atoms with Crippen LogP contribution in [-0.4, -0.2) is 83.2 Å². The molecule has 5 aliphatic carbocycles. The van der Waals surface area contributed by atoms with E-state index in [-0.39, 0.29) is 42.9 Å². The van der Waals surface area contributed by atoms with Crippen LogP contribution in [0.4, 0.5) is 0 Å². The molecule has 260 valence electrons. The molecule has 4 N–H and O–H groups in total. The Morgan fingerprint density at radius 3 is 2.38 bits per heavy atom. The molecule has 2 heterocycles. The van der Waals surface area contributed by atoms with E-state index in [0.29, 0.717) is 40.5 Å². The number of fused-ring (bicyclic) bond motifs is 4. The number of nitrogens with two attached hydrogens (primary N) is 1. The highest BCUT2D eigenvalue weighted by molar-refractivity contribution is 5.30. The van der Waals surface area contributed by atoms with Crippen molar-refractivity contribution >= 4 is 0 Å². The van der Waals surface area contributed by atoms with Gasteiger partial charge in [-0.05, 0) is 130 Å². The summed E-state index contributed by atoms with van der Waals surface area (Å²) in [6.45, 7) is 18.3. The van der Waals surface area contributed by atoms with Crippen LogP contribution in [-0.2, 0) is 14.2 Å². The first-order valence-corrected chi connectivity index (χ1v) is 18.6. The molecule has 5 saturated carbocycles. The molecular formula is C38H68N2O5. The summed E-state index contributed by atoms with van der Waals surface area (Å²) in [5, 5.41) is 22.7. The van der Waals surface area contributed by atoms with Gasteiger partial charge in [0.1, 0.15) is 0 Å². The summed E-state index contributed by atoms with van der Waals surface area (Å²) in [5.41, 5.74) is 6.49. The number of nitrogens with zero attached hydrogens (tertiary/aromatic N) is 1. The van der Waals surface area contributed by atoms with Crippen LogP contribution in [0.5, 0.6) is 0 Å². The van der Waals surface area contributed by atoms with Crippen LogP contribution in [0.15, 0.2) is 0 Å². The molecule has 0 radical (unpaired) electrons. The lowest BCUT2D eigenvalue weighted by molar-refractivity contribution is -0.248. The minimum absolute atomic E-state index is 0. The predicted octanol–water partition coefficient (Wildman–Crippen LogP) is 6.13. The van der Waals surface area contributed by atoms with Gasteiger partial charge in [-0.3, -0.25) is 4.90 Å². The van der Waals surface area contributed by atoms with E-state index in [1.165, 1.54) is 51.4 Å². The fraction of sp³-hybridized carbons (Fsp3) is 1.00. The molecule has 0 aromatic rings. The minimum atomic E-state index is -0.994. The molecule has 7 aliphatic rings. The zero-order chi connectivity index (χ0) is 31.4. The first-order chi connectivity index (χ1) is 20.7. The smallest absolute Gasteiger partial charge is 0.170 e. The van der Waals surface area contributed by atoms with E-state index in [2.05, 4.69) is 39.5 Å². The third-order valence-corrected chi connectivity index (χ3v) is 15.6. The van der Waals surface area contributed by atoms with Gasteiger partial charge in [-0.2, -0.15) is 0 Å². The monoisotopic (exact) mass is 633 g/mol. The van der Waals surface area contributed by atoms with Crippen molar-refractivity contribution in [2.45, 2.75) is 175 Å². The molecule has 2 saturated heterocycles. The highest BCUT2D eigenvalue weighted by atomic mass is 16.7. The summed E-state index contributed by atoms with van der Waals surface area (Å²) in [6, 6.07) is 0.177. The van der Waals surface area contributed by atoms with Gasteiger partial charge in [0.15, 0.2) is 6.29 Å². The van der Waals surface area contributed by atoms with E-state index in [0.717, 1.165) is 39.0 Å². The topological polar surface area (TPSA) is 97.4 Å². The normalized spacial score (nSPS) is 49.5. The van der Waals surface area contributed by atoms with Gasteiger partial charge in [-0.1, -0.05) is 42.0 Å². The van der Waals surface area contributed by atoms with E-state index >= 15 is 0 Å². The Balaban J connectivity index is 0.00000357. The molecule has 2 spiro atoms. The maximum absolute atomic E-state index is 12.1. The number of hydrogen-bond donors (Lipinski definition) is 3. The van der Waals surface area contributed by atoms with Crippen LogP contribution in [0.3, 0.4) is 0 Å². The van der Waals surface area contributed by atoms with Gasteiger partial charge in [-0.15, -0.1) is 0 Å². The summed E-state index contributed by atoms with van der Waals surface area (Å²) in [5.74, 6) is 1.92. The molecule has 0 bridgehead atoms. The first kappa shape index (κ1) is 34.6. The summed E-state index contributed by atoms with van der Waals surface area (Å²) in [4.78, 5) is 2.60. The van der Waals surface area contributed by atoms with Crippen LogP contribution < -0.4 is 5.73 Å². The maximum Gasteiger partial charge on any atom is 0.170 e. The van der Waals surface area contributed by atoms with Crippen LogP contribution in [0.2, 0.25) is 0 Å². The second kappa shape index (κ2) is 11.7. The summed E-state index contributed by atoms with van der Waals surface area (Å²) >= 11 is 0. The number of aliphatic hydroxyl groups is 2. The SMILES string of the molecule is C.CCC(CC)N1CCOC(OC2CCC34CC35CCC3(C)C6CCC(C(N)C(C)(C)O)OC6[C@H](O)C3C5CCC4C2(C)C)C1. The molecule has 7 fully saturated rings. The van der Waals surface area contributed by atoms with Crippen molar-refractivity contribution in [1.82, 2.24) is 4.90 Å².